The molecule has 0 saturated carbocycles. The Kier molecular flexibility index (Phi) is 5.84. The van der Waals surface area contributed by atoms with Crippen LogP contribution in [-0.4, -0.2) is 45.6 Å². The Morgan fingerprint density at radius 2 is 1.85 bits per heavy atom. The van der Waals surface area contributed by atoms with Gasteiger partial charge in [-0.1, -0.05) is 43.7 Å². The minimum absolute atomic E-state index is 0.0531. The number of amides is 2. The summed E-state index contributed by atoms with van der Waals surface area (Å²) in [5, 5.41) is 3.21. The number of aryl methyl sites for hydroxylation is 1. The zero-order valence-corrected chi connectivity index (χ0v) is 18.9. The molecule has 3 aromatic rings. The highest BCUT2D eigenvalue weighted by atomic mass is 16.2. The molecule has 2 aromatic heterocycles. The SMILES string of the molecule is Cc1ccc(CNC(=O)c2cc3cc(C=O)cnc3n(CC(=O)N3CC(C)(C)C3)c2=O)cc1. The van der Waals surface area contributed by atoms with E-state index in [2.05, 4.69) is 24.1 Å². The minimum atomic E-state index is -0.594. The Morgan fingerprint density at radius 1 is 1.15 bits per heavy atom. The Labute approximate surface area is 191 Å². The van der Waals surface area contributed by atoms with Crippen molar-refractivity contribution in [2.75, 3.05) is 13.1 Å². The van der Waals surface area contributed by atoms with Crippen molar-refractivity contribution in [3.63, 3.8) is 0 Å². The third kappa shape index (κ3) is 4.69. The standard InChI is InChI=1S/C25H26N4O4/c1-16-4-6-17(7-5-16)10-27-23(32)20-9-19-8-18(13-30)11-26-22(19)29(24(20)33)12-21(31)28-14-25(2,3)15-28/h4-9,11,13H,10,12,14-15H2,1-3H3,(H,27,32). The molecule has 1 fully saturated rings. The van der Waals surface area contributed by atoms with Gasteiger partial charge in [0, 0.05) is 36.8 Å². The van der Waals surface area contributed by atoms with Gasteiger partial charge in [-0.25, -0.2) is 4.98 Å². The van der Waals surface area contributed by atoms with E-state index in [0.717, 1.165) is 11.1 Å². The molecular formula is C25H26N4O4. The van der Waals surface area contributed by atoms with Gasteiger partial charge >= 0.3 is 0 Å². The fourth-order valence-electron chi connectivity index (χ4n) is 4.04. The molecule has 1 N–H and O–H groups in total. The van der Waals surface area contributed by atoms with Gasteiger partial charge in [0.2, 0.25) is 5.91 Å². The highest BCUT2D eigenvalue weighted by molar-refractivity contribution is 5.97. The summed E-state index contributed by atoms with van der Waals surface area (Å²) < 4.78 is 1.22. The molecule has 1 aliphatic rings. The molecule has 170 valence electrons. The number of fused-ring (bicyclic) bond motifs is 1. The molecule has 1 saturated heterocycles. The second kappa shape index (κ2) is 8.61. The Balaban J connectivity index is 1.66. The summed E-state index contributed by atoms with van der Waals surface area (Å²) >= 11 is 0. The molecule has 0 radical (unpaired) electrons. The number of nitrogens with zero attached hydrogens (tertiary/aromatic N) is 3. The van der Waals surface area contributed by atoms with Crippen LogP contribution in [0.15, 0.2) is 47.4 Å². The second-order valence-electron chi connectivity index (χ2n) is 9.33. The number of likely N-dealkylation sites (tertiary alicyclic amines) is 1. The third-order valence-corrected chi connectivity index (χ3v) is 5.79. The summed E-state index contributed by atoms with van der Waals surface area (Å²) in [7, 11) is 0. The largest absolute Gasteiger partial charge is 0.348 e. The van der Waals surface area contributed by atoms with Crippen molar-refractivity contribution < 1.29 is 14.4 Å². The molecule has 8 heteroatoms. The lowest BCUT2D eigenvalue weighted by Crippen LogP contribution is -2.56. The predicted molar refractivity (Wildman–Crippen MR) is 124 cm³/mol. The van der Waals surface area contributed by atoms with Gasteiger partial charge in [-0.15, -0.1) is 0 Å². The van der Waals surface area contributed by atoms with E-state index >= 15 is 0 Å². The zero-order chi connectivity index (χ0) is 23.8. The summed E-state index contributed by atoms with van der Waals surface area (Å²) in [6.07, 6.45) is 1.99. The van der Waals surface area contributed by atoms with Gasteiger partial charge in [-0.05, 0) is 30.0 Å². The van der Waals surface area contributed by atoms with Crippen LogP contribution in [0.3, 0.4) is 0 Å². The molecule has 1 aromatic carbocycles. The summed E-state index contributed by atoms with van der Waals surface area (Å²) in [4.78, 5) is 56.1. The average Bonchev–Trinajstić information content (AvgIpc) is 2.78. The number of hydrogen-bond acceptors (Lipinski definition) is 5. The first-order chi connectivity index (χ1) is 15.7. The van der Waals surface area contributed by atoms with Crippen LogP contribution >= 0.6 is 0 Å². The molecule has 3 heterocycles. The van der Waals surface area contributed by atoms with Gasteiger partial charge < -0.3 is 10.2 Å². The number of carbonyl (C=O) groups is 3. The van der Waals surface area contributed by atoms with Crippen molar-refractivity contribution in [2.45, 2.75) is 33.9 Å². The van der Waals surface area contributed by atoms with Crippen LogP contribution in [0, 0.1) is 12.3 Å². The van der Waals surface area contributed by atoms with E-state index < -0.39 is 11.5 Å². The maximum absolute atomic E-state index is 13.2. The van der Waals surface area contributed by atoms with E-state index in [9.17, 15) is 19.2 Å². The fourth-order valence-corrected chi connectivity index (χ4v) is 4.04. The molecule has 0 unspecified atom stereocenters. The van der Waals surface area contributed by atoms with Crippen molar-refractivity contribution in [1.29, 1.82) is 0 Å². The Morgan fingerprint density at radius 3 is 2.48 bits per heavy atom. The highest BCUT2D eigenvalue weighted by Crippen LogP contribution is 2.28. The van der Waals surface area contributed by atoms with Gasteiger partial charge in [0.1, 0.15) is 17.8 Å². The minimum Gasteiger partial charge on any atom is -0.348 e. The van der Waals surface area contributed by atoms with Gasteiger partial charge in [0.15, 0.2) is 6.29 Å². The van der Waals surface area contributed by atoms with Gasteiger partial charge in [-0.2, -0.15) is 0 Å². The van der Waals surface area contributed by atoms with Crippen LogP contribution in [0.25, 0.3) is 11.0 Å². The number of rotatable bonds is 6. The molecule has 1 aliphatic heterocycles. The zero-order valence-electron chi connectivity index (χ0n) is 18.9. The molecular weight excluding hydrogens is 420 g/mol. The van der Waals surface area contributed by atoms with Crippen molar-refractivity contribution in [3.8, 4) is 0 Å². The molecule has 33 heavy (non-hydrogen) atoms. The number of aromatic nitrogens is 2. The van der Waals surface area contributed by atoms with Crippen molar-refractivity contribution in [3.05, 3.63) is 75.2 Å². The lowest BCUT2D eigenvalue weighted by Gasteiger charge is -2.45. The molecule has 0 spiro atoms. The number of hydrogen-bond donors (Lipinski definition) is 1. The topological polar surface area (TPSA) is 101 Å². The Bertz CT molecular complexity index is 1300. The third-order valence-electron chi connectivity index (χ3n) is 5.79. The van der Waals surface area contributed by atoms with Gasteiger partial charge in [0.25, 0.3) is 11.5 Å². The quantitative estimate of drug-likeness (QED) is 0.586. The highest BCUT2D eigenvalue weighted by Gasteiger charge is 2.37. The second-order valence-corrected chi connectivity index (χ2v) is 9.33. The fraction of sp³-hybridized carbons (Fsp3) is 0.320. The van der Waals surface area contributed by atoms with E-state index in [1.54, 1.807) is 11.0 Å². The normalized spacial score (nSPS) is 14.6. The Hall–Kier alpha value is -3.81. The van der Waals surface area contributed by atoms with E-state index in [0.29, 0.717) is 30.3 Å². The average molecular weight is 447 g/mol. The maximum Gasteiger partial charge on any atom is 0.265 e. The summed E-state index contributed by atoms with van der Waals surface area (Å²) in [6, 6.07) is 10.7. The first kappa shape index (κ1) is 22.4. The molecule has 4 rings (SSSR count). The van der Waals surface area contributed by atoms with E-state index in [-0.39, 0.29) is 35.6 Å². The van der Waals surface area contributed by atoms with Gasteiger partial charge in [-0.3, -0.25) is 23.7 Å². The molecule has 0 aliphatic carbocycles. The van der Waals surface area contributed by atoms with Crippen LogP contribution in [0.1, 0.15) is 45.7 Å². The number of pyridine rings is 2. The summed E-state index contributed by atoms with van der Waals surface area (Å²) in [5.41, 5.74) is 1.94. The smallest absolute Gasteiger partial charge is 0.265 e. The summed E-state index contributed by atoms with van der Waals surface area (Å²) in [6.45, 7) is 7.36. The summed E-state index contributed by atoms with van der Waals surface area (Å²) in [5.74, 6) is -0.763. The lowest BCUT2D eigenvalue weighted by atomic mass is 9.84. The van der Waals surface area contributed by atoms with Crippen molar-refractivity contribution in [1.82, 2.24) is 19.8 Å². The first-order valence-corrected chi connectivity index (χ1v) is 10.8. The molecule has 0 bridgehead atoms. The van der Waals surface area contributed by atoms with E-state index in [4.69, 9.17) is 0 Å². The van der Waals surface area contributed by atoms with Crippen LogP contribution in [0.4, 0.5) is 0 Å². The maximum atomic E-state index is 13.2. The van der Waals surface area contributed by atoms with Crippen LogP contribution in [-0.2, 0) is 17.9 Å². The van der Waals surface area contributed by atoms with Crippen LogP contribution < -0.4 is 10.9 Å². The van der Waals surface area contributed by atoms with E-state index in [1.165, 1.54) is 16.8 Å². The number of carbonyl (C=O) groups excluding carboxylic acids is 3. The van der Waals surface area contributed by atoms with E-state index in [1.807, 2.05) is 31.2 Å². The molecule has 2 amide bonds. The molecule has 8 nitrogen and oxygen atoms in total. The monoisotopic (exact) mass is 446 g/mol. The van der Waals surface area contributed by atoms with Crippen molar-refractivity contribution in [2.24, 2.45) is 5.41 Å². The predicted octanol–water partition coefficient (Wildman–Crippen LogP) is 2.32. The number of benzene rings is 1. The van der Waals surface area contributed by atoms with Gasteiger partial charge in [0.05, 0.1) is 0 Å². The van der Waals surface area contributed by atoms with Crippen LogP contribution in [0.2, 0.25) is 0 Å². The van der Waals surface area contributed by atoms with Crippen molar-refractivity contribution >= 4 is 29.1 Å². The van der Waals surface area contributed by atoms with Crippen LogP contribution in [0.5, 0.6) is 0 Å². The molecule has 0 atom stereocenters. The first-order valence-electron chi connectivity index (χ1n) is 10.8. The number of nitrogens with one attached hydrogen (secondary N) is 1. The lowest BCUT2D eigenvalue weighted by molar-refractivity contribution is -0.142. The number of aldehydes is 1.